The van der Waals surface area contributed by atoms with Gasteiger partial charge in [-0.25, -0.2) is 4.98 Å². The lowest BCUT2D eigenvalue weighted by Crippen LogP contribution is -2.49. The number of nitrogens with one attached hydrogen (secondary N) is 2. The van der Waals surface area contributed by atoms with E-state index in [2.05, 4.69) is 43.0 Å². The van der Waals surface area contributed by atoms with E-state index in [4.69, 9.17) is 24.9 Å². The van der Waals surface area contributed by atoms with Crippen molar-refractivity contribution in [2.24, 2.45) is 5.73 Å². The summed E-state index contributed by atoms with van der Waals surface area (Å²) in [6.07, 6.45) is 4.07. The van der Waals surface area contributed by atoms with Gasteiger partial charge in [0.05, 0.1) is 51.1 Å². The van der Waals surface area contributed by atoms with Crippen LogP contribution in [0.25, 0.3) is 5.57 Å². The summed E-state index contributed by atoms with van der Waals surface area (Å²) >= 11 is 0. The molecule has 4 heterocycles. The third kappa shape index (κ3) is 7.30. The van der Waals surface area contributed by atoms with Crippen molar-refractivity contribution in [3.05, 3.63) is 60.8 Å². The average molecular weight is 615 g/mol. The van der Waals surface area contributed by atoms with E-state index < -0.39 is 5.91 Å². The SMILES string of the molecule is C=C(C(N)=O)c1cccc(Nc2nc(Nc3ccc(N4CCC(N5CCOCC5)CC4)c(OC)c3)ncc2N2CCOCC2)c1. The fraction of sp³-hybridized carbons (Fsp3) is 0.424. The summed E-state index contributed by atoms with van der Waals surface area (Å²) in [7, 11) is 1.71. The van der Waals surface area contributed by atoms with Crippen LogP contribution in [-0.2, 0) is 14.3 Å². The van der Waals surface area contributed by atoms with Crippen molar-refractivity contribution in [2.75, 3.05) is 93.2 Å². The molecule has 0 bridgehead atoms. The first-order valence-electron chi connectivity index (χ1n) is 15.6. The molecule has 1 amide bonds. The number of carbonyl (C=O) groups is 1. The van der Waals surface area contributed by atoms with E-state index in [1.807, 2.05) is 36.5 Å². The van der Waals surface area contributed by atoms with Crippen LogP contribution in [0, 0.1) is 0 Å². The molecule has 3 aliphatic heterocycles. The Bertz CT molecular complexity index is 1500. The predicted molar refractivity (Wildman–Crippen MR) is 177 cm³/mol. The number of aromatic nitrogens is 2. The summed E-state index contributed by atoms with van der Waals surface area (Å²) in [5.41, 5.74) is 9.88. The quantitative estimate of drug-likeness (QED) is 0.290. The van der Waals surface area contributed by atoms with Gasteiger partial charge in [0, 0.05) is 68.3 Å². The van der Waals surface area contributed by atoms with Crippen LogP contribution in [0.3, 0.4) is 0 Å². The van der Waals surface area contributed by atoms with E-state index in [-0.39, 0.29) is 5.57 Å². The van der Waals surface area contributed by atoms with Crippen LogP contribution in [0.1, 0.15) is 18.4 Å². The Labute approximate surface area is 264 Å². The molecule has 0 spiro atoms. The molecule has 3 aliphatic rings. The molecule has 12 heteroatoms. The highest BCUT2D eigenvalue weighted by molar-refractivity contribution is 6.18. The summed E-state index contributed by atoms with van der Waals surface area (Å²) in [5, 5.41) is 6.79. The molecule has 0 atom stereocenters. The first-order chi connectivity index (χ1) is 22.0. The Hall–Kier alpha value is -4.39. The van der Waals surface area contributed by atoms with Gasteiger partial charge in [0.25, 0.3) is 0 Å². The van der Waals surface area contributed by atoms with Crippen molar-refractivity contribution < 1.29 is 19.0 Å². The lowest BCUT2D eigenvalue weighted by molar-refractivity contribution is -0.112. The zero-order valence-electron chi connectivity index (χ0n) is 25.8. The Kier molecular flexibility index (Phi) is 9.63. The molecule has 2 aromatic carbocycles. The summed E-state index contributed by atoms with van der Waals surface area (Å²) < 4.78 is 17.0. The highest BCUT2D eigenvalue weighted by atomic mass is 16.5. The van der Waals surface area contributed by atoms with Crippen LogP contribution in [0.4, 0.5) is 34.5 Å². The number of nitrogens with zero attached hydrogens (tertiary/aromatic N) is 5. The fourth-order valence-electron chi connectivity index (χ4n) is 6.19. The molecule has 238 valence electrons. The molecule has 0 radical (unpaired) electrons. The standard InChI is InChI=1S/C33H42N8O4/c1-23(31(34)42)24-4-3-5-25(20-24)36-32-29(41-14-18-45-19-15-41)22-35-33(38-32)37-26-6-7-28(30(21-26)43-2)40-10-8-27(9-11-40)39-12-16-44-17-13-39/h3-7,20-22,27H,1,8-19H2,2H3,(H2,34,42)(H2,35,36,37,38). The van der Waals surface area contributed by atoms with Gasteiger partial charge in [0.2, 0.25) is 11.9 Å². The van der Waals surface area contributed by atoms with E-state index in [0.717, 1.165) is 93.8 Å². The zero-order chi connectivity index (χ0) is 31.2. The number of ether oxygens (including phenoxy) is 3. The number of rotatable bonds is 10. The van der Waals surface area contributed by atoms with Crippen LogP contribution in [0.15, 0.2) is 55.2 Å². The molecule has 45 heavy (non-hydrogen) atoms. The number of morpholine rings is 2. The number of nitrogens with two attached hydrogens (primary N) is 1. The molecule has 0 aliphatic carbocycles. The van der Waals surface area contributed by atoms with Gasteiger partial charge in [-0.2, -0.15) is 4.98 Å². The number of hydrogen-bond acceptors (Lipinski definition) is 11. The monoisotopic (exact) mass is 614 g/mol. The summed E-state index contributed by atoms with van der Waals surface area (Å²) in [6.45, 7) is 12.2. The van der Waals surface area contributed by atoms with Crippen LogP contribution >= 0.6 is 0 Å². The Morgan fingerprint density at radius 3 is 2.31 bits per heavy atom. The van der Waals surface area contributed by atoms with Crippen LogP contribution < -0.4 is 30.9 Å². The van der Waals surface area contributed by atoms with E-state index in [1.165, 1.54) is 0 Å². The minimum absolute atomic E-state index is 0.246. The Balaban J connectivity index is 1.19. The highest BCUT2D eigenvalue weighted by Crippen LogP contribution is 2.35. The molecule has 1 aromatic heterocycles. The number of amides is 1. The molecule has 0 saturated carbocycles. The number of benzene rings is 2. The average Bonchev–Trinajstić information content (AvgIpc) is 3.09. The molecule has 0 unspecified atom stereocenters. The molecule has 12 nitrogen and oxygen atoms in total. The zero-order valence-corrected chi connectivity index (χ0v) is 25.8. The third-order valence-corrected chi connectivity index (χ3v) is 8.70. The molecule has 3 saturated heterocycles. The summed E-state index contributed by atoms with van der Waals surface area (Å²) in [5.74, 6) is 1.31. The first-order valence-corrected chi connectivity index (χ1v) is 15.6. The maximum atomic E-state index is 11.7. The number of carbonyl (C=O) groups excluding carboxylic acids is 1. The van der Waals surface area contributed by atoms with Crippen LogP contribution in [0.2, 0.25) is 0 Å². The Morgan fingerprint density at radius 1 is 0.911 bits per heavy atom. The lowest BCUT2D eigenvalue weighted by Gasteiger charge is -2.41. The number of anilines is 6. The number of methoxy groups -OCH3 is 1. The molecule has 3 fully saturated rings. The van der Waals surface area contributed by atoms with Gasteiger partial charge >= 0.3 is 0 Å². The first kappa shape index (κ1) is 30.6. The molecular formula is C33H42N8O4. The van der Waals surface area contributed by atoms with Crippen molar-refractivity contribution in [3.8, 4) is 5.75 Å². The van der Waals surface area contributed by atoms with Crippen molar-refractivity contribution in [3.63, 3.8) is 0 Å². The predicted octanol–water partition coefficient (Wildman–Crippen LogP) is 3.61. The van der Waals surface area contributed by atoms with Gasteiger partial charge in [0.1, 0.15) is 5.75 Å². The molecule has 4 N–H and O–H groups in total. The van der Waals surface area contributed by atoms with Gasteiger partial charge in [-0.05, 0) is 42.7 Å². The van der Waals surface area contributed by atoms with Crippen molar-refractivity contribution in [1.82, 2.24) is 14.9 Å². The second-order valence-electron chi connectivity index (χ2n) is 11.5. The van der Waals surface area contributed by atoms with E-state index in [1.54, 1.807) is 13.2 Å². The molecule has 6 rings (SSSR count). The topological polar surface area (TPSA) is 130 Å². The van der Waals surface area contributed by atoms with Crippen molar-refractivity contribution in [1.29, 1.82) is 0 Å². The largest absolute Gasteiger partial charge is 0.495 e. The second-order valence-corrected chi connectivity index (χ2v) is 11.5. The maximum absolute atomic E-state index is 11.7. The summed E-state index contributed by atoms with van der Waals surface area (Å²) in [4.78, 5) is 28.4. The fourth-order valence-corrected chi connectivity index (χ4v) is 6.19. The van der Waals surface area contributed by atoms with Gasteiger partial charge in [0.15, 0.2) is 5.82 Å². The normalized spacial score (nSPS) is 18.0. The second kappa shape index (κ2) is 14.1. The number of hydrogen-bond donors (Lipinski definition) is 3. The molecule has 3 aromatic rings. The van der Waals surface area contributed by atoms with E-state index >= 15 is 0 Å². The Morgan fingerprint density at radius 2 is 1.60 bits per heavy atom. The summed E-state index contributed by atoms with van der Waals surface area (Å²) in [6, 6.07) is 14.1. The lowest BCUT2D eigenvalue weighted by atomic mass is 10.0. The molecular weight excluding hydrogens is 572 g/mol. The maximum Gasteiger partial charge on any atom is 0.248 e. The third-order valence-electron chi connectivity index (χ3n) is 8.70. The van der Waals surface area contributed by atoms with E-state index in [9.17, 15) is 4.79 Å². The minimum atomic E-state index is -0.561. The van der Waals surface area contributed by atoms with Crippen LogP contribution in [0.5, 0.6) is 5.75 Å². The smallest absolute Gasteiger partial charge is 0.248 e. The number of piperidine rings is 1. The van der Waals surface area contributed by atoms with E-state index in [0.29, 0.717) is 36.6 Å². The highest BCUT2D eigenvalue weighted by Gasteiger charge is 2.27. The van der Waals surface area contributed by atoms with Gasteiger partial charge < -0.3 is 40.4 Å². The van der Waals surface area contributed by atoms with Gasteiger partial charge in [-0.15, -0.1) is 0 Å². The van der Waals surface area contributed by atoms with Gasteiger partial charge in [-0.3, -0.25) is 9.69 Å². The van der Waals surface area contributed by atoms with Crippen molar-refractivity contribution in [2.45, 2.75) is 18.9 Å². The minimum Gasteiger partial charge on any atom is -0.495 e. The van der Waals surface area contributed by atoms with Gasteiger partial charge in [-0.1, -0.05) is 18.7 Å². The number of primary amides is 1. The van der Waals surface area contributed by atoms with Crippen molar-refractivity contribution >= 4 is 46.0 Å². The van der Waals surface area contributed by atoms with Crippen LogP contribution in [-0.4, -0.2) is 99.6 Å².